The number of carboxylic acids is 1. The summed E-state index contributed by atoms with van der Waals surface area (Å²) in [5, 5.41) is 32.2. The number of phenolic OH excluding ortho intramolecular Hbond substituents is 1. The second-order valence-corrected chi connectivity index (χ2v) is 7.61. The number of nitrogens with zero attached hydrogens (tertiary/aromatic N) is 7. The van der Waals surface area contributed by atoms with E-state index in [1.807, 2.05) is 21.7 Å². The van der Waals surface area contributed by atoms with Crippen LogP contribution in [0.4, 0.5) is 11.8 Å². The lowest BCUT2D eigenvalue weighted by Crippen LogP contribution is -2.36. The highest BCUT2D eigenvalue weighted by atomic mass is 16.4. The molecule has 0 unspecified atom stereocenters. The number of nitrogen functional groups attached to an aromatic ring is 1. The maximum atomic E-state index is 11.0. The highest BCUT2D eigenvalue weighted by molar-refractivity contribution is 5.88. The summed E-state index contributed by atoms with van der Waals surface area (Å²) in [4.78, 5) is 21.4. The number of aromatic nitrogens is 6. The Hall–Kier alpha value is -4.28. The van der Waals surface area contributed by atoms with E-state index in [-0.39, 0.29) is 17.4 Å². The Morgan fingerprint density at radius 2 is 1.81 bits per heavy atom. The van der Waals surface area contributed by atoms with Gasteiger partial charge in [-0.05, 0) is 31.0 Å². The molecule has 0 amide bonds. The number of aromatic hydroxyl groups is 1. The zero-order chi connectivity index (χ0) is 22.2. The minimum Gasteiger partial charge on any atom is -0.507 e. The molecule has 1 aromatic carbocycles. The van der Waals surface area contributed by atoms with Crippen molar-refractivity contribution in [1.82, 2.24) is 29.9 Å². The van der Waals surface area contributed by atoms with E-state index < -0.39 is 5.97 Å². The van der Waals surface area contributed by atoms with Gasteiger partial charge in [-0.15, -0.1) is 10.2 Å². The topological polar surface area (TPSA) is 156 Å². The Morgan fingerprint density at radius 1 is 1.09 bits per heavy atom. The van der Waals surface area contributed by atoms with Gasteiger partial charge in [0.2, 0.25) is 5.95 Å². The molecule has 0 radical (unpaired) electrons. The van der Waals surface area contributed by atoms with E-state index in [0.29, 0.717) is 41.6 Å². The SMILES string of the molecule is Nc1nn(C2CCN(c3ncc(C(=O)O)cn3)CC2)c2cc(-c3ccccc3O)nnc12. The highest BCUT2D eigenvalue weighted by Crippen LogP contribution is 2.32. The number of anilines is 2. The first-order chi connectivity index (χ1) is 15.5. The number of carbonyl (C=O) groups is 1. The first kappa shape index (κ1) is 19.7. The molecule has 0 bridgehead atoms. The molecular weight excluding hydrogens is 412 g/mol. The van der Waals surface area contributed by atoms with E-state index in [0.717, 1.165) is 18.4 Å². The Bertz CT molecular complexity index is 1300. The number of piperidine rings is 1. The Morgan fingerprint density at radius 3 is 2.50 bits per heavy atom. The van der Waals surface area contributed by atoms with Gasteiger partial charge in [-0.3, -0.25) is 4.68 Å². The van der Waals surface area contributed by atoms with Gasteiger partial charge in [-0.25, -0.2) is 14.8 Å². The number of nitrogens with two attached hydrogens (primary N) is 1. The summed E-state index contributed by atoms with van der Waals surface area (Å²) in [6.45, 7) is 1.37. The molecule has 0 atom stereocenters. The van der Waals surface area contributed by atoms with Crippen molar-refractivity contribution in [3.05, 3.63) is 48.3 Å². The van der Waals surface area contributed by atoms with Gasteiger partial charge in [0.25, 0.3) is 0 Å². The monoisotopic (exact) mass is 432 g/mol. The molecule has 0 aliphatic carbocycles. The first-order valence-electron chi connectivity index (χ1n) is 10.1. The van der Waals surface area contributed by atoms with Crippen molar-refractivity contribution in [1.29, 1.82) is 0 Å². The summed E-state index contributed by atoms with van der Waals surface area (Å²) >= 11 is 0. The summed E-state index contributed by atoms with van der Waals surface area (Å²) in [5.41, 5.74) is 8.57. The fraction of sp³-hybridized carbons (Fsp3) is 0.238. The summed E-state index contributed by atoms with van der Waals surface area (Å²) in [6.07, 6.45) is 4.18. The molecule has 4 N–H and O–H groups in total. The largest absolute Gasteiger partial charge is 0.507 e. The highest BCUT2D eigenvalue weighted by Gasteiger charge is 2.26. The first-order valence-corrected chi connectivity index (χ1v) is 10.1. The minimum absolute atomic E-state index is 0.0588. The van der Waals surface area contributed by atoms with Crippen LogP contribution in [0.3, 0.4) is 0 Å². The minimum atomic E-state index is -1.05. The lowest BCUT2D eigenvalue weighted by Gasteiger charge is -2.32. The molecule has 32 heavy (non-hydrogen) atoms. The van der Waals surface area contributed by atoms with Gasteiger partial charge in [0.15, 0.2) is 11.3 Å². The quantitative estimate of drug-likeness (QED) is 0.436. The summed E-state index contributed by atoms with van der Waals surface area (Å²) in [7, 11) is 0. The van der Waals surface area contributed by atoms with Crippen molar-refractivity contribution in [2.45, 2.75) is 18.9 Å². The van der Waals surface area contributed by atoms with Gasteiger partial charge in [0, 0.05) is 31.0 Å². The van der Waals surface area contributed by atoms with Crippen LogP contribution in [-0.4, -0.2) is 59.2 Å². The van der Waals surface area contributed by atoms with Gasteiger partial charge in [0.05, 0.1) is 22.8 Å². The molecule has 3 aromatic heterocycles. The van der Waals surface area contributed by atoms with Gasteiger partial charge >= 0.3 is 5.97 Å². The zero-order valence-corrected chi connectivity index (χ0v) is 17.0. The average Bonchev–Trinajstić information content (AvgIpc) is 3.15. The molecule has 4 heterocycles. The Kier molecular flexibility index (Phi) is 4.77. The number of aromatic carboxylic acids is 1. The van der Waals surface area contributed by atoms with E-state index in [2.05, 4.69) is 25.3 Å². The van der Waals surface area contributed by atoms with Crippen LogP contribution >= 0.6 is 0 Å². The Labute approximate surface area is 182 Å². The van der Waals surface area contributed by atoms with Crippen molar-refractivity contribution < 1.29 is 15.0 Å². The fourth-order valence-electron chi connectivity index (χ4n) is 3.96. The average molecular weight is 432 g/mol. The van der Waals surface area contributed by atoms with E-state index in [1.165, 1.54) is 12.4 Å². The van der Waals surface area contributed by atoms with Gasteiger partial charge in [0.1, 0.15) is 5.75 Å². The number of carboxylic acid groups (broad SMARTS) is 1. The normalized spacial score (nSPS) is 14.7. The van der Waals surface area contributed by atoms with Crippen molar-refractivity contribution in [3.63, 3.8) is 0 Å². The Balaban J connectivity index is 1.40. The molecule has 0 spiro atoms. The molecule has 1 fully saturated rings. The summed E-state index contributed by atoms with van der Waals surface area (Å²) < 4.78 is 1.88. The third-order valence-corrected chi connectivity index (χ3v) is 5.64. The molecule has 0 saturated carbocycles. The predicted octanol–water partition coefficient (Wildman–Crippen LogP) is 2.11. The number of fused-ring (bicyclic) bond motifs is 1. The molecule has 162 valence electrons. The maximum Gasteiger partial charge on any atom is 0.338 e. The van der Waals surface area contributed by atoms with E-state index in [4.69, 9.17) is 10.8 Å². The number of hydrogen-bond donors (Lipinski definition) is 3. The van der Waals surface area contributed by atoms with Crippen molar-refractivity contribution in [3.8, 4) is 17.0 Å². The van der Waals surface area contributed by atoms with Crippen LogP contribution in [0.5, 0.6) is 5.75 Å². The molecule has 4 aromatic rings. The van der Waals surface area contributed by atoms with Gasteiger partial charge < -0.3 is 20.8 Å². The third kappa shape index (κ3) is 3.43. The van der Waals surface area contributed by atoms with Crippen LogP contribution in [0.1, 0.15) is 29.2 Å². The van der Waals surface area contributed by atoms with Crippen LogP contribution in [0, 0.1) is 0 Å². The lowest BCUT2D eigenvalue weighted by molar-refractivity contribution is 0.0696. The summed E-state index contributed by atoms with van der Waals surface area (Å²) in [6, 6.07) is 8.90. The number of para-hydroxylation sites is 1. The van der Waals surface area contributed by atoms with Gasteiger partial charge in [-0.1, -0.05) is 12.1 Å². The zero-order valence-electron chi connectivity index (χ0n) is 17.0. The van der Waals surface area contributed by atoms with E-state index >= 15 is 0 Å². The molecular formula is C21H20N8O3. The van der Waals surface area contributed by atoms with Crippen LogP contribution < -0.4 is 10.6 Å². The molecule has 5 rings (SSSR count). The lowest BCUT2D eigenvalue weighted by atomic mass is 10.1. The van der Waals surface area contributed by atoms with Crippen LogP contribution in [0.25, 0.3) is 22.3 Å². The van der Waals surface area contributed by atoms with Crippen molar-refractivity contribution >= 4 is 28.8 Å². The maximum absolute atomic E-state index is 11.0. The smallest absolute Gasteiger partial charge is 0.338 e. The summed E-state index contributed by atoms with van der Waals surface area (Å²) in [5.74, 6) is -0.107. The molecule has 11 nitrogen and oxygen atoms in total. The third-order valence-electron chi connectivity index (χ3n) is 5.64. The van der Waals surface area contributed by atoms with Crippen molar-refractivity contribution in [2.75, 3.05) is 23.7 Å². The van der Waals surface area contributed by atoms with Crippen LogP contribution in [0.15, 0.2) is 42.7 Å². The molecule has 1 saturated heterocycles. The standard InChI is InChI=1S/C21H20N8O3/c22-19-18-16(9-15(25-26-18)14-3-1-2-4-17(14)30)29(27-19)13-5-7-28(8-6-13)21-23-10-12(11-24-21)20(31)32/h1-4,9-11,13,30H,5-8H2,(H2,22,27)(H,31,32). The number of rotatable bonds is 4. The van der Waals surface area contributed by atoms with Crippen LogP contribution in [0.2, 0.25) is 0 Å². The van der Waals surface area contributed by atoms with Gasteiger partial charge in [-0.2, -0.15) is 5.10 Å². The molecule has 11 heteroatoms. The van der Waals surface area contributed by atoms with E-state index in [1.54, 1.807) is 18.2 Å². The second-order valence-electron chi connectivity index (χ2n) is 7.61. The predicted molar refractivity (Wildman–Crippen MR) is 116 cm³/mol. The van der Waals surface area contributed by atoms with E-state index in [9.17, 15) is 9.90 Å². The second kappa shape index (κ2) is 7.76. The number of hydrogen-bond acceptors (Lipinski definition) is 9. The fourth-order valence-corrected chi connectivity index (χ4v) is 3.96. The molecule has 1 aliphatic rings. The van der Waals surface area contributed by atoms with Crippen LogP contribution in [-0.2, 0) is 0 Å². The number of benzene rings is 1. The van der Waals surface area contributed by atoms with Crippen molar-refractivity contribution in [2.24, 2.45) is 0 Å². The number of phenols is 1. The molecule has 1 aliphatic heterocycles.